The molecule has 3 fully saturated rings. The van der Waals surface area contributed by atoms with Gasteiger partial charge in [0.2, 0.25) is 0 Å². The molecule has 0 saturated carbocycles. The van der Waals surface area contributed by atoms with E-state index in [0.717, 1.165) is 12.5 Å². The molecular weight excluding hydrogens is 297 g/mol. The monoisotopic (exact) mass is 312 g/mol. The van der Waals surface area contributed by atoms with Gasteiger partial charge in [-0.15, -0.1) is 0 Å². The number of quaternary nitrogens is 1. The number of Topliss-reactive ketones (excluding diaryl/α,β-unsaturated/α-hetero) is 1. The number of rotatable bonds is 2. The molecule has 4 nitrogen and oxygen atoms in total. The molecule has 2 bridgehead atoms. The van der Waals surface area contributed by atoms with Crippen molar-refractivity contribution in [3.05, 3.63) is 29.0 Å². The zero-order valence-corrected chi connectivity index (χ0v) is 11.8. The van der Waals surface area contributed by atoms with Gasteiger partial charge < -0.3 is 14.8 Å². The van der Waals surface area contributed by atoms with Crippen LogP contribution in [0.1, 0.15) is 24.8 Å². The third-order valence-electron chi connectivity index (χ3n) is 4.96. The van der Waals surface area contributed by atoms with E-state index >= 15 is 0 Å². The molecule has 0 aromatic heterocycles. The van der Waals surface area contributed by atoms with Crippen molar-refractivity contribution in [2.45, 2.75) is 37.5 Å². The van der Waals surface area contributed by atoms with Gasteiger partial charge in [-0.1, -0.05) is 0 Å². The van der Waals surface area contributed by atoms with Crippen molar-refractivity contribution in [3.8, 4) is 0 Å². The summed E-state index contributed by atoms with van der Waals surface area (Å²) in [6.45, 7) is 0.381. The SMILES string of the molecule is O=C1CC2CCC1N2c1ccc([N+]2([O-])CC2)c(C(F)(F)F)c1. The number of alkyl halides is 3. The smallest absolute Gasteiger partial charge is 0.422 e. The molecule has 2 atom stereocenters. The number of hydroxylamine groups is 2. The van der Waals surface area contributed by atoms with E-state index in [1.54, 1.807) is 11.0 Å². The summed E-state index contributed by atoms with van der Waals surface area (Å²) in [7, 11) is 0. The summed E-state index contributed by atoms with van der Waals surface area (Å²) in [4.78, 5) is 13.6. The summed E-state index contributed by atoms with van der Waals surface area (Å²) in [5, 5.41) is 12.1. The summed E-state index contributed by atoms with van der Waals surface area (Å²) in [6, 6.07) is 3.61. The Morgan fingerprint density at radius 2 is 1.95 bits per heavy atom. The highest BCUT2D eigenvalue weighted by Crippen LogP contribution is 2.46. The van der Waals surface area contributed by atoms with Crippen LogP contribution < -0.4 is 9.55 Å². The summed E-state index contributed by atoms with van der Waals surface area (Å²) < 4.78 is 39.1. The summed E-state index contributed by atoms with van der Waals surface area (Å²) >= 11 is 0. The van der Waals surface area contributed by atoms with Crippen LogP contribution in [0, 0.1) is 5.21 Å². The van der Waals surface area contributed by atoms with E-state index in [4.69, 9.17) is 0 Å². The summed E-state index contributed by atoms with van der Waals surface area (Å²) in [6.07, 6.45) is -2.61. The first-order valence-corrected chi connectivity index (χ1v) is 7.40. The number of nitrogens with zero attached hydrogens (tertiary/aromatic N) is 2. The van der Waals surface area contributed by atoms with Gasteiger partial charge in [-0.3, -0.25) is 4.79 Å². The molecule has 0 radical (unpaired) electrons. The molecule has 0 amide bonds. The van der Waals surface area contributed by atoms with E-state index in [2.05, 4.69) is 0 Å². The number of ketones is 1. The normalized spacial score (nSPS) is 29.3. The number of carbonyl (C=O) groups is 1. The Kier molecular flexibility index (Phi) is 2.70. The van der Waals surface area contributed by atoms with Gasteiger partial charge in [0, 0.05) is 24.2 Å². The van der Waals surface area contributed by atoms with Gasteiger partial charge in [-0.25, -0.2) is 0 Å². The fourth-order valence-corrected chi connectivity index (χ4v) is 3.76. The first-order valence-electron chi connectivity index (χ1n) is 7.40. The van der Waals surface area contributed by atoms with Crippen molar-refractivity contribution in [1.82, 2.24) is 4.65 Å². The molecule has 7 heteroatoms. The highest BCUT2D eigenvalue weighted by atomic mass is 19.4. The number of carbonyl (C=O) groups excluding carboxylic acids is 1. The van der Waals surface area contributed by atoms with Crippen molar-refractivity contribution >= 4 is 17.2 Å². The van der Waals surface area contributed by atoms with Crippen LogP contribution in [0.5, 0.6) is 0 Å². The third kappa shape index (κ3) is 1.95. The summed E-state index contributed by atoms with van der Waals surface area (Å²) in [5.74, 6) is 0.104. The van der Waals surface area contributed by atoms with E-state index in [0.29, 0.717) is 18.5 Å². The Morgan fingerprint density at radius 3 is 2.45 bits per heavy atom. The van der Waals surface area contributed by atoms with Crippen molar-refractivity contribution in [2.24, 2.45) is 0 Å². The number of fused-ring (bicyclic) bond motifs is 2. The Labute approximate surface area is 125 Å². The maximum atomic E-state index is 13.3. The lowest BCUT2D eigenvalue weighted by Crippen LogP contribution is -2.31. The van der Waals surface area contributed by atoms with Gasteiger partial charge in [0.05, 0.1) is 6.04 Å². The molecule has 4 rings (SSSR count). The van der Waals surface area contributed by atoms with Crippen LogP contribution in [0.3, 0.4) is 0 Å². The second-order valence-electron chi connectivity index (χ2n) is 6.36. The van der Waals surface area contributed by atoms with E-state index in [1.807, 2.05) is 0 Å². The number of hydrogen-bond acceptors (Lipinski definition) is 3. The van der Waals surface area contributed by atoms with E-state index < -0.39 is 16.4 Å². The minimum Gasteiger partial charge on any atom is -0.627 e. The molecule has 0 spiro atoms. The molecular formula is C15H15F3N2O2. The van der Waals surface area contributed by atoms with Crippen molar-refractivity contribution in [1.29, 1.82) is 0 Å². The maximum Gasteiger partial charge on any atom is 0.422 e. The zero-order chi connectivity index (χ0) is 15.7. The molecule has 1 aromatic carbocycles. The minimum absolute atomic E-state index is 0.000982. The van der Waals surface area contributed by atoms with Gasteiger partial charge in [0.15, 0.2) is 5.78 Å². The third-order valence-corrected chi connectivity index (χ3v) is 4.96. The molecule has 0 N–H and O–H groups in total. The standard InChI is InChI=1S/C15H15F3N2O2/c16-15(17,18)11-7-9(2-4-13(11)20(22)5-6-20)19-10-1-3-12(19)14(21)8-10/h2,4,7,10,12H,1,3,5-6,8H2. The number of anilines is 1. The zero-order valence-electron chi connectivity index (χ0n) is 11.8. The second kappa shape index (κ2) is 4.23. The lowest BCUT2D eigenvalue weighted by Gasteiger charge is -2.28. The fourth-order valence-electron chi connectivity index (χ4n) is 3.76. The first kappa shape index (κ1) is 14.0. The van der Waals surface area contributed by atoms with E-state index in [1.165, 1.54) is 6.07 Å². The Hall–Kier alpha value is -1.60. The average molecular weight is 312 g/mol. The second-order valence-corrected chi connectivity index (χ2v) is 6.36. The number of benzene rings is 1. The molecule has 3 aliphatic heterocycles. The van der Waals surface area contributed by atoms with Crippen LogP contribution in [0.25, 0.3) is 0 Å². The van der Waals surface area contributed by atoms with Gasteiger partial charge in [-0.05, 0) is 25.0 Å². The van der Waals surface area contributed by atoms with E-state index in [-0.39, 0.29) is 36.6 Å². The van der Waals surface area contributed by atoms with Gasteiger partial charge >= 0.3 is 6.18 Å². The predicted molar refractivity (Wildman–Crippen MR) is 75.3 cm³/mol. The Balaban J connectivity index is 1.78. The van der Waals surface area contributed by atoms with Crippen molar-refractivity contribution in [3.63, 3.8) is 0 Å². The number of hydrogen-bond donors (Lipinski definition) is 0. The van der Waals surface area contributed by atoms with Crippen LogP contribution in [0.15, 0.2) is 18.2 Å². The molecule has 3 saturated heterocycles. The largest absolute Gasteiger partial charge is 0.627 e. The quantitative estimate of drug-likeness (QED) is 0.479. The minimum atomic E-state index is -4.56. The van der Waals surface area contributed by atoms with Gasteiger partial charge in [0.1, 0.15) is 24.3 Å². The van der Waals surface area contributed by atoms with Crippen LogP contribution in [-0.2, 0) is 11.0 Å². The highest BCUT2D eigenvalue weighted by molar-refractivity contribution is 5.93. The van der Waals surface area contributed by atoms with Gasteiger partial charge in [0.25, 0.3) is 0 Å². The predicted octanol–water partition coefficient (Wildman–Crippen LogP) is 2.83. The summed E-state index contributed by atoms with van der Waals surface area (Å²) in [5.41, 5.74) is -0.673. The van der Waals surface area contributed by atoms with Gasteiger partial charge in [-0.2, -0.15) is 13.2 Å². The topological polar surface area (TPSA) is 43.4 Å². The molecule has 3 aliphatic rings. The Morgan fingerprint density at radius 1 is 1.23 bits per heavy atom. The van der Waals surface area contributed by atoms with Crippen molar-refractivity contribution in [2.75, 3.05) is 18.0 Å². The maximum absolute atomic E-state index is 13.3. The average Bonchev–Trinajstić information content (AvgIpc) is 2.95. The lowest BCUT2D eigenvalue weighted by molar-refractivity contribution is -0.137. The van der Waals surface area contributed by atoms with Crippen LogP contribution in [0.4, 0.5) is 24.5 Å². The lowest BCUT2D eigenvalue weighted by atomic mass is 10.00. The molecule has 0 aliphatic carbocycles. The van der Waals surface area contributed by atoms with E-state index in [9.17, 15) is 23.2 Å². The first-order chi connectivity index (χ1) is 10.3. The molecule has 3 heterocycles. The molecule has 2 unspecified atom stereocenters. The molecule has 118 valence electrons. The number of halogens is 3. The molecule has 1 aromatic rings. The Bertz CT molecular complexity index is 655. The van der Waals surface area contributed by atoms with Crippen LogP contribution in [-0.4, -0.2) is 31.0 Å². The molecule has 22 heavy (non-hydrogen) atoms. The fraction of sp³-hybridized carbons (Fsp3) is 0.533. The van der Waals surface area contributed by atoms with Crippen LogP contribution in [0.2, 0.25) is 0 Å². The van der Waals surface area contributed by atoms with Crippen LogP contribution >= 0.6 is 0 Å². The van der Waals surface area contributed by atoms with Crippen molar-refractivity contribution < 1.29 is 18.0 Å². The highest BCUT2D eigenvalue weighted by Gasteiger charge is 2.48.